The fraction of sp³-hybridized carbons (Fsp3) is 0.273. The minimum Gasteiger partial charge on any atom is -0.322 e. The maximum absolute atomic E-state index is 11.0. The summed E-state index contributed by atoms with van der Waals surface area (Å²) in [5.74, 6) is 0. The Morgan fingerprint density at radius 2 is 2.26 bits per heavy atom. The van der Waals surface area contributed by atoms with Crippen molar-refractivity contribution in [1.29, 1.82) is 0 Å². The molecule has 0 amide bonds. The van der Waals surface area contributed by atoms with Crippen LogP contribution in [0.1, 0.15) is 24.4 Å². The summed E-state index contributed by atoms with van der Waals surface area (Å²) in [5.41, 5.74) is 6.18. The van der Waals surface area contributed by atoms with E-state index in [-0.39, 0.29) is 11.7 Å². The Hall–Kier alpha value is -1.57. The van der Waals surface area contributed by atoms with E-state index in [4.69, 9.17) is 17.3 Å². The molecule has 0 saturated carbocycles. The Morgan fingerprint density at radius 1 is 1.53 bits per heavy atom. The van der Waals surface area contributed by atoms with Crippen molar-refractivity contribution < 1.29 is 4.92 Å². The molecule has 1 heterocycles. The SMILES string of the molecule is CCC(N)c1nnc(-c2ccc(Cl)cc2[N+](=O)[O-])s1. The second-order valence-corrected chi connectivity index (χ2v) is 5.32. The van der Waals surface area contributed by atoms with E-state index in [1.165, 1.54) is 17.4 Å². The van der Waals surface area contributed by atoms with Gasteiger partial charge < -0.3 is 5.73 Å². The Balaban J connectivity index is 2.47. The number of aromatic nitrogens is 2. The van der Waals surface area contributed by atoms with Gasteiger partial charge >= 0.3 is 0 Å². The lowest BCUT2D eigenvalue weighted by Crippen LogP contribution is -2.07. The van der Waals surface area contributed by atoms with Crippen molar-refractivity contribution in [2.75, 3.05) is 0 Å². The summed E-state index contributed by atoms with van der Waals surface area (Å²) in [6.45, 7) is 1.94. The Morgan fingerprint density at radius 3 is 2.89 bits per heavy atom. The number of hydrogen-bond acceptors (Lipinski definition) is 6. The second kappa shape index (κ2) is 5.60. The number of halogens is 1. The molecule has 0 spiro atoms. The Kier molecular flexibility index (Phi) is 4.08. The van der Waals surface area contributed by atoms with Gasteiger partial charge in [-0.1, -0.05) is 29.9 Å². The number of benzene rings is 1. The molecular weight excluding hydrogens is 288 g/mol. The maximum atomic E-state index is 11.0. The lowest BCUT2D eigenvalue weighted by molar-refractivity contribution is -0.384. The van der Waals surface area contributed by atoms with Crippen LogP contribution in [0.5, 0.6) is 0 Å². The summed E-state index contributed by atoms with van der Waals surface area (Å²) >= 11 is 7.03. The van der Waals surface area contributed by atoms with Gasteiger partial charge in [0.25, 0.3) is 5.69 Å². The van der Waals surface area contributed by atoms with Crippen molar-refractivity contribution in [3.63, 3.8) is 0 Å². The molecule has 0 radical (unpaired) electrons. The lowest BCUT2D eigenvalue weighted by atomic mass is 10.2. The number of nitro groups is 1. The summed E-state index contributed by atoms with van der Waals surface area (Å²) in [7, 11) is 0. The van der Waals surface area contributed by atoms with E-state index in [1.54, 1.807) is 12.1 Å². The van der Waals surface area contributed by atoms with Crippen LogP contribution in [-0.2, 0) is 0 Å². The minimum absolute atomic E-state index is 0.0831. The molecule has 0 aliphatic carbocycles. The van der Waals surface area contributed by atoms with Gasteiger partial charge in [-0.15, -0.1) is 10.2 Å². The zero-order valence-corrected chi connectivity index (χ0v) is 11.6. The highest BCUT2D eigenvalue weighted by Gasteiger charge is 2.20. The summed E-state index contributed by atoms with van der Waals surface area (Å²) in [6.07, 6.45) is 0.733. The van der Waals surface area contributed by atoms with Gasteiger partial charge in [0.1, 0.15) is 5.01 Å². The fourth-order valence-corrected chi connectivity index (χ4v) is 2.63. The predicted octanol–water partition coefficient (Wildman–Crippen LogP) is 3.18. The van der Waals surface area contributed by atoms with Gasteiger partial charge in [-0.2, -0.15) is 0 Å². The smallest absolute Gasteiger partial charge is 0.281 e. The topological polar surface area (TPSA) is 94.9 Å². The maximum Gasteiger partial charge on any atom is 0.281 e. The molecule has 1 atom stereocenters. The third kappa shape index (κ3) is 2.89. The molecule has 8 heteroatoms. The van der Waals surface area contributed by atoms with Crippen molar-refractivity contribution in [2.24, 2.45) is 5.73 Å². The summed E-state index contributed by atoms with van der Waals surface area (Å²) in [4.78, 5) is 10.5. The van der Waals surface area contributed by atoms with Crippen LogP contribution in [0, 0.1) is 10.1 Å². The van der Waals surface area contributed by atoms with Gasteiger partial charge in [-0.05, 0) is 18.6 Å². The standard InChI is InChI=1S/C11H11ClN4O2S/c1-2-8(13)11-15-14-10(19-11)7-4-3-6(12)5-9(7)16(17)18/h3-5,8H,2,13H2,1H3. The second-order valence-electron chi connectivity index (χ2n) is 3.88. The van der Waals surface area contributed by atoms with Crippen LogP contribution in [0.3, 0.4) is 0 Å². The van der Waals surface area contributed by atoms with Crippen molar-refractivity contribution in [1.82, 2.24) is 10.2 Å². The number of nitrogens with zero attached hydrogens (tertiary/aromatic N) is 3. The highest BCUT2D eigenvalue weighted by atomic mass is 35.5. The van der Waals surface area contributed by atoms with Crippen LogP contribution in [0.2, 0.25) is 5.02 Å². The summed E-state index contributed by atoms with van der Waals surface area (Å²) < 4.78 is 0. The first-order chi connectivity index (χ1) is 9.02. The molecule has 1 unspecified atom stereocenters. The molecule has 1 aromatic heterocycles. The van der Waals surface area contributed by atoms with Crippen molar-refractivity contribution in [3.05, 3.63) is 38.3 Å². The molecule has 100 valence electrons. The number of rotatable bonds is 4. The van der Waals surface area contributed by atoms with Crippen LogP contribution < -0.4 is 5.73 Å². The van der Waals surface area contributed by atoms with Gasteiger partial charge in [-0.3, -0.25) is 10.1 Å². The molecule has 0 aliphatic rings. The quantitative estimate of drug-likeness (QED) is 0.691. The fourth-order valence-electron chi connectivity index (χ4n) is 1.50. The molecule has 2 rings (SSSR count). The van der Waals surface area contributed by atoms with Gasteiger partial charge in [0, 0.05) is 11.1 Å². The number of nitro benzene ring substituents is 1. The van der Waals surface area contributed by atoms with Crippen LogP contribution >= 0.6 is 22.9 Å². The minimum atomic E-state index is -0.484. The first-order valence-corrected chi connectivity index (χ1v) is 6.75. The highest BCUT2D eigenvalue weighted by Crippen LogP contribution is 2.35. The van der Waals surface area contributed by atoms with Gasteiger partial charge in [-0.25, -0.2) is 0 Å². The van der Waals surface area contributed by atoms with E-state index in [9.17, 15) is 10.1 Å². The molecule has 6 nitrogen and oxygen atoms in total. The van der Waals surface area contributed by atoms with Gasteiger partial charge in [0.2, 0.25) is 0 Å². The first-order valence-electron chi connectivity index (χ1n) is 5.56. The van der Waals surface area contributed by atoms with Crippen LogP contribution in [-0.4, -0.2) is 15.1 Å². The third-order valence-corrected chi connectivity index (χ3v) is 3.91. The number of hydrogen-bond donors (Lipinski definition) is 1. The average molecular weight is 299 g/mol. The third-order valence-electron chi connectivity index (χ3n) is 2.58. The van der Waals surface area contributed by atoms with Gasteiger partial charge in [0.15, 0.2) is 5.01 Å². The monoisotopic (exact) mass is 298 g/mol. The van der Waals surface area contributed by atoms with E-state index >= 15 is 0 Å². The molecule has 2 N–H and O–H groups in total. The van der Waals surface area contributed by atoms with E-state index in [0.29, 0.717) is 20.6 Å². The van der Waals surface area contributed by atoms with E-state index in [0.717, 1.165) is 6.42 Å². The molecular formula is C11H11ClN4O2S. The van der Waals surface area contributed by atoms with Crippen molar-refractivity contribution in [2.45, 2.75) is 19.4 Å². The zero-order valence-electron chi connectivity index (χ0n) is 10.0. The first kappa shape index (κ1) is 13.9. The zero-order chi connectivity index (χ0) is 14.0. The van der Waals surface area contributed by atoms with E-state index in [1.807, 2.05) is 6.92 Å². The van der Waals surface area contributed by atoms with Gasteiger partial charge in [0.05, 0.1) is 16.5 Å². The Labute approximate surface area is 118 Å². The van der Waals surface area contributed by atoms with E-state index < -0.39 is 4.92 Å². The van der Waals surface area contributed by atoms with Crippen molar-refractivity contribution >= 4 is 28.6 Å². The molecule has 0 saturated heterocycles. The molecule has 2 aromatic rings. The molecule has 0 fully saturated rings. The van der Waals surface area contributed by atoms with Crippen LogP contribution in [0.25, 0.3) is 10.6 Å². The Bertz CT molecular complexity index is 616. The highest BCUT2D eigenvalue weighted by molar-refractivity contribution is 7.14. The molecule has 19 heavy (non-hydrogen) atoms. The molecule has 0 bridgehead atoms. The molecule has 1 aromatic carbocycles. The van der Waals surface area contributed by atoms with Crippen LogP contribution in [0.15, 0.2) is 18.2 Å². The van der Waals surface area contributed by atoms with Crippen LogP contribution in [0.4, 0.5) is 5.69 Å². The average Bonchev–Trinajstić information content (AvgIpc) is 2.87. The number of nitrogens with two attached hydrogens (primary N) is 1. The van der Waals surface area contributed by atoms with Crippen molar-refractivity contribution in [3.8, 4) is 10.6 Å². The van der Waals surface area contributed by atoms with E-state index in [2.05, 4.69) is 10.2 Å². The predicted molar refractivity (Wildman–Crippen MR) is 74.2 cm³/mol. The lowest BCUT2D eigenvalue weighted by Gasteiger charge is -2.01. The molecule has 0 aliphatic heterocycles. The largest absolute Gasteiger partial charge is 0.322 e. The summed E-state index contributed by atoms with van der Waals surface area (Å²) in [5, 5.41) is 20.4. The normalized spacial score (nSPS) is 12.4. The summed E-state index contributed by atoms with van der Waals surface area (Å²) in [6, 6.07) is 4.27.